The molecule has 0 aliphatic heterocycles. The molecule has 1 aromatic carbocycles. The normalized spacial score (nSPS) is 10.9. The summed E-state index contributed by atoms with van der Waals surface area (Å²) in [7, 11) is 0. The first-order chi connectivity index (χ1) is 11.0. The number of rotatable bonds is 4. The van der Waals surface area contributed by atoms with Crippen LogP contribution in [-0.4, -0.2) is 26.6 Å². The minimum absolute atomic E-state index is 0.0622. The lowest BCUT2D eigenvalue weighted by atomic mass is 10.1. The molecule has 2 N–H and O–H groups in total. The molecule has 7 heteroatoms. The molecule has 0 radical (unpaired) electrons. The minimum atomic E-state index is -0.0622. The van der Waals surface area contributed by atoms with Crippen molar-refractivity contribution < 1.29 is 4.79 Å². The highest BCUT2D eigenvalue weighted by Crippen LogP contribution is 2.21. The summed E-state index contributed by atoms with van der Waals surface area (Å²) in [5.74, 6) is 0.223. The van der Waals surface area contributed by atoms with Crippen molar-refractivity contribution in [3.63, 3.8) is 0 Å². The number of halogens is 1. The molecular formula is C16H15BrN4OS. The van der Waals surface area contributed by atoms with E-state index in [1.807, 2.05) is 38.1 Å². The van der Waals surface area contributed by atoms with Crippen molar-refractivity contribution >= 4 is 50.5 Å². The van der Waals surface area contributed by atoms with Crippen LogP contribution in [0.2, 0.25) is 0 Å². The molecule has 0 aliphatic rings. The highest BCUT2D eigenvalue weighted by molar-refractivity contribution is 9.10. The zero-order valence-electron chi connectivity index (χ0n) is 12.7. The number of anilines is 1. The Morgan fingerprint density at radius 1 is 1.30 bits per heavy atom. The number of carbonyl (C=O) groups excluding carboxylic acids is 1. The molecule has 0 atom stereocenters. The van der Waals surface area contributed by atoms with Crippen molar-refractivity contribution in [3.8, 4) is 0 Å². The van der Waals surface area contributed by atoms with Crippen LogP contribution >= 0.6 is 27.7 Å². The van der Waals surface area contributed by atoms with Gasteiger partial charge in [0.1, 0.15) is 0 Å². The molecule has 0 spiro atoms. The maximum absolute atomic E-state index is 12.1. The topological polar surface area (TPSA) is 70.7 Å². The van der Waals surface area contributed by atoms with Crippen molar-refractivity contribution in [2.45, 2.75) is 19.0 Å². The first-order valence-electron chi connectivity index (χ1n) is 7.02. The highest BCUT2D eigenvalue weighted by Gasteiger charge is 2.09. The first kappa shape index (κ1) is 16.0. The Labute approximate surface area is 146 Å². The number of aryl methyl sites for hydroxylation is 2. The van der Waals surface area contributed by atoms with Gasteiger partial charge in [-0.3, -0.25) is 4.79 Å². The Bertz CT molecular complexity index is 878. The van der Waals surface area contributed by atoms with Crippen LogP contribution in [-0.2, 0) is 4.79 Å². The fourth-order valence-corrected chi connectivity index (χ4v) is 3.08. The molecule has 2 aromatic heterocycles. The molecule has 0 saturated carbocycles. The first-order valence-corrected chi connectivity index (χ1v) is 8.80. The summed E-state index contributed by atoms with van der Waals surface area (Å²) < 4.78 is 0.887. The van der Waals surface area contributed by atoms with Gasteiger partial charge in [0.15, 0.2) is 10.8 Å². The number of nitrogens with one attached hydrogen (secondary N) is 2. The van der Waals surface area contributed by atoms with E-state index in [-0.39, 0.29) is 11.7 Å². The molecule has 0 fully saturated rings. The molecule has 5 nitrogen and oxygen atoms in total. The predicted octanol–water partition coefficient (Wildman–Crippen LogP) is 4.07. The van der Waals surface area contributed by atoms with Crippen LogP contribution in [0.1, 0.15) is 11.1 Å². The number of aromatic nitrogens is 3. The van der Waals surface area contributed by atoms with Gasteiger partial charge >= 0.3 is 0 Å². The van der Waals surface area contributed by atoms with E-state index in [2.05, 4.69) is 36.2 Å². The summed E-state index contributed by atoms with van der Waals surface area (Å²) >= 11 is 4.72. The molecule has 23 heavy (non-hydrogen) atoms. The lowest BCUT2D eigenvalue weighted by molar-refractivity contribution is -0.113. The number of imidazole rings is 1. The third-order valence-electron chi connectivity index (χ3n) is 3.41. The minimum Gasteiger partial charge on any atom is -0.331 e. The molecule has 2 heterocycles. The summed E-state index contributed by atoms with van der Waals surface area (Å²) in [5, 5.41) is 3.58. The van der Waals surface area contributed by atoms with Gasteiger partial charge in [-0.05, 0) is 59.1 Å². The van der Waals surface area contributed by atoms with Crippen LogP contribution < -0.4 is 5.32 Å². The summed E-state index contributed by atoms with van der Waals surface area (Å²) in [6.07, 6.45) is 1.70. The van der Waals surface area contributed by atoms with Gasteiger partial charge in [-0.2, -0.15) is 0 Å². The SMILES string of the molecule is Cc1ccc(NC(=O)CSc2nc3ncc(Br)cc3[nH]2)cc1C. The number of hydrogen-bond acceptors (Lipinski definition) is 4. The lowest BCUT2D eigenvalue weighted by Crippen LogP contribution is -2.14. The van der Waals surface area contributed by atoms with Gasteiger partial charge in [0, 0.05) is 16.4 Å². The van der Waals surface area contributed by atoms with Crippen LogP contribution in [0, 0.1) is 13.8 Å². The number of nitrogens with zero attached hydrogens (tertiary/aromatic N) is 2. The fourth-order valence-electron chi connectivity index (χ4n) is 2.07. The Hall–Kier alpha value is -1.86. The number of aromatic amines is 1. The fraction of sp³-hybridized carbons (Fsp3) is 0.188. The zero-order valence-corrected chi connectivity index (χ0v) is 15.1. The summed E-state index contributed by atoms with van der Waals surface area (Å²) in [6.45, 7) is 4.07. The van der Waals surface area contributed by atoms with Crippen molar-refractivity contribution in [2.75, 3.05) is 11.1 Å². The van der Waals surface area contributed by atoms with Crippen molar-refractivity contribution in [2.24, 2.45) is 0 Å². The number of amides is 1. The number of benzene rings is 1. The van der Waals surface area contributed by atoms with Crippen molar-refractivity contribution in [1.82, 2.24) is 15.0 Å². The third-order valence-corrected chi connectivity index (χ3v) is 4.72. The van der Waals surface area contributed by atoms with Gasteiger partial charge in [0.25, 0.3) is 0 Å². The molecule has 0 unspecified atom stereocenters. The van der Waals surface area contributed by atoms with Crippen LogP contribution in [0.4, 0.5) is 5.69 Å². The number of H-pyrrole nitrogens is 1. The standard InChI is InChI=1S/C16H15BrN4OS/c1-9-3-4-12(5-10(9)2)19-14(22)8-23-16-20-13-6-11(17)7-18-15(13)21-16/h3-7H,8H2,1-2H3,(H,19,22)(H,18,20,21). The second-order valence-corrected chi connectivity index (χ2v) is 7.08. The Kier molecular flexibility index (Phi) is 4.68. The van der Waals surface area contributed by atoms with Gasteiger partial charge in [0.2, 0.25) is 5.91 Å². The number of carbonyl (C=O) groups is 1. The Morgan fingerprint density at radius 3 is 2.91 bits per heavy atom. The average molecular weight is 391 g/mol. The van der Waals surface area contributed by atoms with E-state index in [9.17, 15) is 4.79 Å². The summed E-state index contributed by atoms with van der Waals surface area (Å²) in [5.41, 5.74) is 4.67. The molecule has 0 bridgehead atoms. The molecule has 1 amide bonds. The molecule has 3 aromatic rings. The van der Waals surface area contributed by atoms with Gasteiger partial charge < -0.3 is 10.3 Å². The molecular weight excluding hydrogens is 376 g/mol. The molecule has 3 rings (SSSR count). The summed E-state index contributed by atoms with van der Waals surface area (Å²) in [4.78, 5) is 23.8. The van der Waals surface area contributed by atoms with E-state index >= 15 is 0 Å². The average Bonchev–Trinajstić information content (AvgIpc) is 2.91. The van der Waals surface area contributed by atoms with Gasteiger partial charge in [-0.1, -0.05) is 17.8 Å². The van der Waals surface area contributed by atoms with Crippen LogP contribution in [0.25, 0.3) is 11.2 Å². The van der Waals surface area contributed by atoms with E-state index < -0.39 is 0 Å². The van der Waals surface area contributed by atoms with Crippen molar-refractivity contribution in [3.05, 3.63) is 46.1 Å². The van der Waals surface area contributed by atoms with Gasteiger partial charge in [-0.15, -0.1) is 0 Å². The zero-order chi connectivity index (χ0) is 16.4. The van der Waals surface area contributed by atoms with Gasteiger partial charge in [0.05, 0.1) is 11.3 Å². The maximum Gasteiger partial charge on any atom is 0.234 e. The molecule has 118 valence electrons. The second-order valence-electron chi connectivity index (χ2n) is 5.20. The van der Waals surface area contributed by atoms with Crippen molar-refractivity contribution in [1.29, 1.82) is 0 Å². The molecule has 0 aliphatic carbocycles. The predicted molar refractivity (Wildman–Crippen MR) is 96.9 cm³/mol. The number of thioether (sulfide) groups is 1. The van der Waals surface area contributed by atoms with E-state index in [4.69, 9.17) is 0 Å². The highest BCUT2D eigenvalue weighted by atomic mass is 79.9. The Morgan fingerprint density at radius 2 is 2.13 bits per heavy atom. The number of fused-ring (bicyclic) bond motifs is 1. The van der Waals surface area contributed by atoms with E-state index in [1.54, 1.807) is 6.20 Å². The third kappa shape index (κ3) is 3.92. The monoisotopic (exact) mass is 390 g/mol. The summed E-state index contributed by atoms with van der Waals surface area (Å²) in [6, 6.07) is 7.80. The maximum atomic E-state index is 12.1. The second kappa shape index (κ2) is 6.72. The molecule has 0 saturated heterocycles. The van der Waals surface area contributed by atoms with E-state index in [0.717, 1.165) is 21.2 Å². The largest absolute Gasteiger partial charge is 0.331 e. The number of pyridine rings is 1. The number of hydrogen-bond donors (Lipinski definition) is 2. The van der Waals surface area contributed by atoms with Gasteiger partial charge in [-0.25, -0.2) is 9.97 Å². The van der Waals surface area contributed by atoms with Crippen LogP contribution in [0.3, 0.4) is 0 Å². The van der Waals surface area contributed by atoms with E-state index in [1.165, 1.54) is 17.3 Å². The lowest BCUT2D eigenvalue weighted by Gasteiger charge is -2.07. The van der Waals surface area contributed by atoms with Crippen LogP contribution in [0.15, 0.2) is 40.1 Å². The van der Waals surface area contributed by atoms with Crippen LogP contribution in [0.5, 0.6) is 0 Å². The smallest absolute Gasteiger partial charge is 0.234 e. The quantitative estimate of drug-likeness (QED) is 0.658. The van der Waals surface area contributed by atoms with E-state index in [0.29, 0.717) is 10.8 Å². The Balaban J connectivity index is 1.62.